The highest BCUT2D eigenvalue weighted by molar-refractivity contribution is 7.91. The second kappa shape index (κ2) is 7.14. The van der Waals surface area contributed by atoms with Gasteiger partial charge in [-0.1, -0.05) is 6.07 Å². The summed E-state index contributed by atoms with van der Waals surface area (Å²) < 4.78 is 20.6. The van der Waals surface area contributed by atoms with Crippen molar-refractivity contribution in [2.45, 2.75) is 18.4 Å². The fourth-order valence-corrected chi connectivity index (χ4v) is 4.54. The molecule has 1 aliphatic rings. The third-order valence-electron chi connectivity index (χ3n) is 4.68. The lowest BCUT2D eigenvalue weighted by molar-refractivity contribution is 0.249. The van der Waals surface area contributed by atoms with Gasteiger partial charge < -0.3 is 4.90 Å². The molecule has 0 bridgehead atoms. The third kappa shape index (κ3) is 4.10. The van der Waals surface area contributed by atoms with Gasteiger partial charge in [0.05, 0.1) is 29.8 Å². The summed E-state index contributed by atoms with van der Waals surface area (Å²) in [4.78, 5) is 18.1. The Morgan fingerprint density at radius 2 is 1.89 bits per heavy atom. The lowest BCUT2D eigenvalue weighted by Gasteiger charge is -2.34. The summed E-state index contributed by atoms with van der Waals surface area (Å²) in [6.45, 7) is 6.52. The van der Waals surface area contributed by atoms with E-state index in [-0.39, 0.29) is 0 Å². The largest absolute Gasteiger partial charge is 0.338 e. The number of benzene rings is 1. The van der Waals surface area contributed by atoms with Gasteiger partial charge in [0.1, 0.15) is 0 Å². The summed E-state index contributed by atoms with van der Waals surface area (Å²) in [7, 11) is -2.76. The van der Waals surface area contributed by atoms with Crippen molar-refractivity contribution < 1.29 is 4.21 Å². The molecule has 1 fully saturated rings. The minimum absolute atomic E-state index is 0.373. The number of nitrogens with one attached hydrogen (secondary N) is 1. The zero-order valence-electron chi connectivity index (χ0n) is 15.4. The minimum atomic E-state index is -2.76. The number of rotatable bonds is 4. The molecule has 1 atom stereocenters. The van der Waals surface area contributed by atoms with Crippen LogP contribution in [-0.2, 0) is 16.3 Å². The molecule has 0 radical (unpaired) electrons. The van der Waals surface area contributed by atoms with Crippen LogP contribution < -0.4 is 4.90 Å². The summed E-state index contributed by atoms with van der Waals surface area (Å²) in [5, 5.41) is 1.10. The fraction of sp³-hybridized carbons (Fsp3) is 0.389. The summed E-state index contributed by atoms with van der Waals surface area (Å²) in [6, 6.07) is 6.55. The lowest BCUT2D eigenvalue weighted by Crippen LogP contribution is -2.46. The van der Waals surface area contributed by atoms with E-state index in [4.69, 9.17) is 4.78 Å². The highest BCUT2D eigenvalue weighted by Gasteiger charge is 2.19. The van der Waals surface area contributed by atoms with E-state index in [1.807, 2.05) is 6.92 Å². The molecule has 2 aromatic heterocycles. The van der Waals surface area contributed by atoms with Crippen molar-refractivity contribution in [1.82, 2.24) is 19.9 Å². The number of hydrogen-bond donors (Lipinski definition) is 1. The quantitative estimate of drug-likeness (QED) is 0.722. The molecule has 3 aromatic rings. The number of fused-ring (bicyclic) bond motifs is 1. The second-order valence-corrected chi connectivity index (χ2v) is 10.3. The topological polar surface area (TPSA) is 86.1 Å². The van der Waals surface area contributed by atoms with Crippen molar-refractivity contribution >= 4 is 37.2 Å². The van der Waals surface area contributed by atoms with Gasteiger partial charge in [-0.3, -0.25) is 4.90 Å². The molecule has 4 rings (SSSR count). The first kappa shape index (κ1) is 18.3. The van der Waals surface area contributed by atoms with E-state index >= 15 is 0 Å². The molecule has 3 heterocycles. The van der Waals surface area contributed by atoms with Crippen molar-refractivity contribution in [1.29, 1.82) is 4.78 Å². The number of aromatic nitrogens is 3. The summed E-state index contributed by atoms with van der Waals surface area (Å²) in [6.07, 6.45) is 4.40. The smallest absolute Gasteiger partial charge is 0.225 e. The van der Waals surface area contributed by atoms with Crippen LogP contribution in [0, 0.1) is 11.7 Å². The number of thiazole rings is 1. The van der Waals surface area contributed by atoms with Crippen LogP contribution in [0.25, 0.3) is 10.2 Å². The van der Waals surface area contributed by atoms with Gasteiger partial charge in [0, 0.05) is 51.4 Å². The lowest BCUT2D eigenvalue weighted by atomic mass is 10.2. The second-order valence-electron chi connectivity index (χ2n) is 6.86. The number of aryl methyl sites for hydroxylation is 1. The van der Waals surface area contributed by atoms with Crippen LogP contribution in [0.3, 0.4) is 0 Å². The Kier molecular flexibility index (Phi) is 4.83. The maximum atomic E-state index is 11.7. The number of hydrogen-bond acceptors (Lipinski definition) is 8. The Labute approximate surface area is 163 Å². The van der Waals surface area contributed by atoms with Gasteiger partial charge in [0.25, 0.3) is 0 Å². The summed E-state index contributed by atoms with van der Waals surface area (Å²) in [5.74, 6) is 0.640. The molecular formula is C18H22N6OS2. The molecule has 1 aromatic carbocycles. The molecule has 1 aliphatic heterocycles. The molecule has 1 unspecified atom stereocenters. The zero-order chi connectivity index (χ0) is 19.0. The monoisotopic (exact) mass is 402 g/mol. The Balaban J connectivity index is 1.38. The van der Waals surface area contributed by atoms with Crippen LogP contribution in [0.4, 0.5) is 5.95 Å². The number of nitrogens with zero attached hydrogens (tertiary/aromatic N) is 5. The van der Waals surface area contributed by atoms with Crippen molar-refractivity contribution in [3.63, 3.8) is 0 Å². The molecule has 142 valence electrons. The molecule has 0 saturated carbocycles. The van der Waals surface area contributed by atoms with Crippen molar-refractivity contribution in [3.8, 4) is 0 Å². The fourth-order valence-electron chi connectivity index (χ4n) is 3.22. The van der Waals surface area contributed by atoms with Gasteiger partial charge in [-0.2, -0.15) is 0 Å². The molecule has 0 spiro atoms. The SMILES string of the molecule is Cc1nc2cc(CN3CCN(c4ncc(S(C)(=N)=O)cn4)CC3)ccc2s1. The molecular weight excluding hydrogens is 380 g/mol. The van der Waals surface area contributed by atoms with Gasteiger partial charge in [-0.25, -0.2) is 23.9 Å². The zero-order valence-corrected chi connectivity index (χ0v) is 17.0. The van der Waals surface area contributed by atoms with Gasteiger partial charge in [0.15, 0.2) is 0 Å². The van der Waals surface area contributed by atoms with Crippen molar-refractivity contribution in [2.75, 3.05) is 37.3 Å². The Bertz CT molecular complexity index is 1050. The van der Waals surface area contributed by atoms with E-state index in [0.717, 1.165) is 43.2 Å². The highest BCUT2D eigenvalue weighted by atomic mass is 32.2. The predicted octanol–water partition coefficient (Wildman–Crippen LogP) is 2.75. The summed E-state index contributed by atoms with van der Waals surface area (Å²) >= 11 is 1.73. The maximum Gasteiger partial charge on any atom is 0.225 e. The van der Waals surface area contributed by atoms with E-state index in [2.05, 4.69) is 43.0 Å². The van der Waals surface area contributed by atoms with Crippen LogP contribution in [0.5, 0.6) is 0 Å². The van der Waals surface area contributed by atoms with E-state index in [0.29, 0.717) is 10.8 Å². The van der Waals surface area contributed by atoms with E-state index in [1.165, 1.54) is 28.9 Å². The summed E-state index contributed by atoms with van der Waals surface area (Å²) in [5.41, 5.74) is 2.37. The first-order valence-corrected chi connectivity index (χ1v) is 11.6. The number of piperazine rings is 1. The first-order valence-electron chi connectivity index (χ1n) is 8.78. The molecule has 7 nitrogen and oxygen atoms in total. The van der Waals surface area contributed by atoms with Crippen LogP contribution in [0.15, 0.2) is 35.5 Å². The molecule has 9 heteroatoms. The Hall–Kier alpha value is -2.10. The van der Waals surface area contributed by atoms with Gasteiger partial charge >= 0.3 is 0 Å². The van der Waals surface area contributed by atoms with Crippen LogP contribution >= 0.6 is 11.3 Å². The van der Waals surface area contributed by atoms with Crippen LogP contribution in [0.2, 0.25) is 0 Å². The van der Waals surface area contributed by atoms with Crippen molar-refractivity contribution in [3.05, 3.63) is 41.2 Å². The molecule has 0 aliphatic carbocycles. The van der Waals surface area contributed by atoms with Gasteiger partial charge in [-0.15, -0.1) is 11.3 Å². The standard InChI is InChI=1S/C18H22N6OS2/c1-13-22-16-9-14(3-4-17(16)26-13)12-23-5-7-24(8-6-23)18-20-10-15(11-21-18)27(2,19)25/h3-4,9-11,19H,5-8,12H2,1-2H3. The normalized spacial score (nSPS) is 17.9. The Morgan fingerprint density at radius 1 is 1.19 bits per heavy atom. The first-order chi connectivity index (χ1) is 12.9. The van der Waals surface area contributed by atoms with Crippen molar-refractivity contribution in [2.24, 2.45) is 0 Å². The molecule has 27 heavy (non-hydrogen) atoms. The van der Waals surface area contributed by atoms with Crippen LogP contribution in [-0.4, -0.2) is 56.5 Å². The Morgan fingerprint density at radius 3 is 2.56 bits per heavy atom. The van der Waals surface area contributed by atoms with Gasteiger partial charge in [0.2, 0.25) is 5.95 Å². The van der Waals surface area contributed by atoms with E-state index in [1.54, 1.807) is 11.3 Å². The molecule has 1 saturated heterocycles. The van der Waals surface area contributed by atoms with Gasteiger partial charge in [-0.05, 0) is 24.6 Å². The average Bonchev–Trinajstić information content (AvgIpc) is 3.01. The molecule has 1 N–H and O–H groups in total. The van der Waals surface area contributed by atoms with E-state index in [9.17, 15) is 4.21 Å². The molecule has 0 amide bonds. The highest BCUT2D eigenvalue weighted by Crippen LogP contribution is 2.23. The predicted molar refractivity (Wildman–Crippen MR) is 109 cm³/mol. The van der Waals surface area contributed by atoms with E-state index < -0.39 is 9.73 Å². The maximum absolute atomic E-state index is 11.7. The third-order valence-corrected chi connectivity index (χ3v) is 6.75. The number of anilines is 1. The minimum Gasteiger partial charge on any atom is -0.338 e. The van der Waals surface area contributed by atoms with Crippen LogP contribution in [0.1, 0.15) is 10.6 Å². The average molecular weight is 403 g/mol.